The summed E-state index contributed by atoms with van der Waals surface area (Å²) in [6, 6.07) is 7.37. The Labute approximate surface area is 106 Å². The van der Waals surface area contributed by atoms with E-state index in [2.05, 4.69) is 0 Å². The third-order valence-corrected chi connectivity index (χ3v) is 3.75. The first-order chi connectivity index (χ1) is 8.52. The lowest BCUT2D eigenvalue weighted by Gasteiger charge is -2.32. The van der Waals surface area contributed by atoms with Crippen molar-refractivity contribution >= 4 is 0 Å². The Kier molecular flexibility index (Phi) is 3.85. The second-order valence-electron chi connectivity index (χ2n) is 5.00. The quantitative estimate of drug-likeness (QED) is 0.896. The van der Waals surface area contributed by atoms with Crippen LogP contribution in [0.4, 0.5) is 8.78 Å². The summed E-state index contributed by atoms with van der Waals surface area (Å²) in [6.07, 6.45) is 0.890. The van der Waals surface area contributed by atoms with E-state index in [1.54, 1.807) is 7.11 Å². The van der Waals surface area contributed by atoms with Crippen molar-refractivity contribution in [2.45, 2.75) is 37.6 Å². The summed E-state index contributed by atoms with van der Waals surface area (Å²) in [5.41, 5.74) is 7.14. The number of halogens is 2. The molecule has 2 nitrogen and oxygen atoms in total. The molecule has 1 unspecified atom stereocenters. The molecule has 4 heteroatoms. The molecule has 1 saturated carbocycles. The van der Waals surface area contributed by atoms with Crippen LogP contribution in [-0.4, -0.2) is 13.0 Å². The summed E-state index contributed by atoms with van der Waals surface area (Å²) < 4.78 is 31.4. The summed E-state index contributed by atoms with van der Waals surface area (Å²) in [5.74, 6) is -1.61. The Balaban J connectivity index is 2.05. The van der Waals surface area contributed by atoms with Gasteiger partial charge in [0.15, 0.2) is 0 Å². The van der Waals surface area contributed by atoms with E-state index in [-0.39, 0.29) is 24.8 Å². The van der Waals surface area contributed by atoms with E-state index in [0.717, 1.165) is 11.3 Å². The van der Waals surface area contributed by atoms with Gasteiger partial charge in [-0.05, 0) is 36.5 Å². The normalized spacial score (nSPS) is 21.6. The molecule has 0 saturated heterocycles. The van der Waals surface area contributed by atoms with Gasteiger partial charge in [-0.1, -0.05) is 12.1 Å². The van der Waals surface area contributed by atoms with E-state index in [1.807, 2.05) is 24.3 Å². The third kappa shape index (κ3) is 2.99. The molecule has 0 spiro atoms. The molecule has 0 amide bonds. The minimum absolute atomic E-state index is 0.0463. The zero-order valence-electron chi connectivity index (χ0n) is 10.5. The molecule has 0 bridgehead atoms. The summed E-state index contributed by atoms with van der Waals surface area (Å²) in [7, 11) is 1.60. The number of nitrogens with two attached hydrogens (primary N) is 1. The first kappa shape index (κ1) is 13.3. The van der Waals surface area contributed by atoms with E-state index in [0.29, 0.717) is 12.8 Å². The van der Waals surface area contributed by atoms with Gasteiger partial charge in [0, 0.05) is 18.9 Å². The molecule has 0 radical (unpaired) electrons. The van der Waals surface area contributed by atoms with Crippen LogP contribution in [0.15, 0.2) is 24.3 Å². The van der Waals surface area contributed by atoms with Gasteiger partial charge in [0.1, 0.15) is 5.75 Å². The molecule has 0 heterocycles. The molecule has 18 heavy (non-hydrogen) atoms. The Morgan fingerprint density at radius 1 is 1.33 bits per heavy atom. The fourth-order valence-corrected chi connectivity index (χ4v) is 2.54. The van der Waals surface area contributed by atoms with Crippen LogP contribution < -0.4 is 10.5 Å². The molecule has 1 aliphatic carbocycles. The number of methoxy groups -OCH3 is 1. The summed E-state index contributed by atoms with van der Waals surface area (Å²) in [6.45, 7) is 0. The minimum atomic E-state index is -2.50. The molecule has 2 rings (SSSR count). The van der Waals surface area contributed by atoms with Gasteiger partial charge in [-0.2, -0.15) is 0 Å². The maximum Gasteiger partial charge on any atom is 0.248 e. The number of alkyl halides is 2. The maximum absolute atomic E-state index is 13.1. The smallest absolute Gasteiger partial charge is 0.248 e. The second kappa shape index (κ2) is 5.22. The van der Waals surface area contributed by atoms with Gasteiger partial charge in [0.25, 0.3) is 0 Å². The zero-order valence-corrected chi connectivity index (χ0v) is 10.5. The Bertz CT molecular complexity index is 399. The third-order valence-electron chi connectivity index (χ3n) is 3.75. The fourth-order valence-electron chi connectivity index (χ4n) is 2.54. The van der Waals surface area contributed by atoms with Gasteiger partial charge in [-0.3, -0.25) is 0 Å². The lowest BCUT2D eigenvalue weighted by atomic mass is 9.80. The summed E-state index contributed by atoms with van der Waals surface area (Å²) in [4.78, 5) is 0. The van der Waals surface area contributed by atoms with Crippen molar-refractivity contribution < 1.29 is 13.5 Å². The molecule has 1 aliphatic rings. The molecule has 100 valence electrons. The maximum atomic E-state index is 13.1. The molecule has 1 fully saturated rings. The first-order valence-corrected chi connectivity index (χ1v) is 6.29. The summed E-state index contributed by atoms with van der Waals surface area (Å²) >= 11 is 0. The monoisotopic (exact) mass is 255 g/mol. The predicted molar refractivity (Wildman–Crippen MR) is 66.8 cm³/mol. The van der Waals surface area contributed by atoms with Gasteiger partial charge in [0.05, 0.1) is 7.11 Å². The molecule has 0 aliphatic heterocycles. The number of benzene rings is 1. The van der Waals surface area contributed by atoms with Crippen molar-refractivity contribution in [1.82, 2.24) is 0 Å². The van der Waals surface area contributed by atoms with Gasteiger partial charge >= 0.3 is 0 Å². The van der Waals surface area contributed by atoms with E-state index < -0.39 is 5.92 Å². The van der Waals surface area contributed by atoms with Crippen molar-refractivity contribution in [3.05, 3.63) is 29.8 Å². The van der Waals surface area contributed by atoms with E-state index in [9.17, 15) is 8.78 Å². The highest BCUT2D eigenvalue weighted by molar-refractivity contribution is 5.30. The molecule has 2 N–H and O–H groups in total. The number of ether oxygens (including phenoxy) is 1. The summed E-state index contributed by atoms with van der Waals surface area (Å²) in [5, 5.41) is 0. The Hall–Kier alpha value is -1.16. The number of hydrogen-bond donors (Lipinski definition) is 1. The van der Waals surface area contributed by atoms with Crippen molar-refractivity contribution in [2.75, 3.05) is 7.11 Å². The SMILES string of the molecule is COc1cccc(C(N)C2CCC(F)(F)CC2)c1. The minimum Gasteiger partial charge on any atom is -0.497 e. The molecule has 1 aromatic carbocycles. The highest BCUT2D eigenvalue weighted by Crippen LogP contribution is 2.40. The van der Waals surface area contributed by atoms with Crippen molar-refractivity contribution in [3.63, 3.8) is 0 Å². The molecule has 0 aromatic heterocycles. The van der Waals surface area contributed by atoms with Crippen LogP contribution >= 0.6 is 0 Å². The van der Waals surface area contributed by atoms with Gasteiger partial charge in [-0.15, -0.1) is 0 Å². The van der Waals surface area contributed by atoms with Gasteiger partial charge < -0.3 is 10.5 Å². The topological polar surface area (TPSA) is 35.2 Å². The largest absolute Gasteiger partial charge is 0.497 e. The van der Waals surface area contributed by atoms with E-state index in [1.165, 1.54) is 0 Å². The molecule has 1 aromatic rings. The zero-order chi connectivity index (χ0) is 13.2. The molecule has 1 atom stereocenters. The van der Waals surface area contributed by atoms with Gasteiger partial charge in [0.2, 0.25) is 5.92 Å². The van der Waals surface area contributed by atoms with Crippen molar-refractivity contribution in [2.24, 2.45) is 11.7 Å². The van der Waals surface area contributed by atoms with Crippen LogP contribution in [0, 0.1) is 5.92 Å². The Morgan fingerprint density at radius 2 is 2.00 bits per heavy atom. The van der Waals surface area contributed by atoms with Crippen LogP contribution in [0.3, 0.4) is 0 Å². The fraction of sp³-hybridized carbons (Fsp3) is 0.571. The van der Waals surface area contributed by atoms with E-state index in [4.69, 9.17) is 10.5 Å². The lowest BCUT2D eigenvalue weighted by molar-refractivity contribution is -0.0483. The molecular weight excluding hydrogens is 236 g/mol. The van der Waals surface area contributed by atoms with Crippen molar-refractivity contribution in [1.29, 1.82) is 0 Å². The van der Waals surface area contributed by atoms with Crippen LogP contribution in [0.2, 0.25) is 0 Å². The average Bonchev–Trinajstić information content (AvgIpc) is 2.38. The van der Waals surface area contributed by atoms with Crippen LogP contribution in [0.5, 0.6) is 5.75 Å². The van der Waals surface area contributed by atoms with Crippen LogP contribution in [-0.2, 0) is 0 Å². The standard InChI is InChI=1S/C14H19F2NO/c1-18-12-4-2-3-11(9-12)13(17)10-5-7-14(15,16)8-6-10/h2-4,9-10,13H,5-8,17H2,1H3. The Morgan fingerprint density at radius 3 is 2.61 bits per heavy atom. The highest BCUT2D eigenvalue weighted by atomic mass is 19.3. The number of hydrogen-bond acceptors (Lipinski definition) is 2. The molecular formula is C14H19F2NO. The van der Waals surface area contributed by atoms with Gasteiger partial charge in [-0.25, -0.2) is 8.78 Å². The van der Waals surface area contributed by atoms with Crippen LogP contribution in [0.25, 0.3) is 0 Å². The van der Waals surface area contributed by atoms with E-state index >= 15 is 0 Å². The number of rotatable bonds is 3. The first-order valence-electron chi connectivity index (χ1n) is 6.29. The van der Waals surface area contributed by atoms with Crippen LogP contribution in [0.1, 0.15) is 37.3 Å². The second-order valence-corrected chi connectivity index (χ2v) is 5.00. The average molecular weight is 255 g/mol. The van der Waals surface area contributed by atoms with Crippen molar-refractivity contribution in [3.8, 4) is 5.75 Å². The highest BCUT2D eigenvalue weighted by Gasteiger charge is 2.37. The lowest BCUT2D eigenvalue weighted by Crippen LogP contribution is -2.30. The predicted octanol–water partition coefficient (Wildman–Crippen LogP) is 3.52.